The molecular formula is C20H23F2N5O3. The minimum atomic E-state index is -2.93. The van der Waals surface area contributed by atoms with Crippen LogP contribution in [0.4, 0.5) is 8.78 Å². The molecular weight excluding hydrogens is 396 g/mol. The van der Waals surface area contributed by atoms with Gasteiger partial charge in [-0.1, -0.05) is 5.16 Å². The summed E-state index contributed by atoms with van der Waals surface area (Å²) in [5.41, 5.74) is 3.09. The molecule has 0 N–H and O–H groups in total. The molecule has 10 heteroatoms. The monoisotopic (exact) mass is 419 g/mol. The Hall–Kier alpha value is -3.01. The minimum absolute atomic E-state index is 0.0516. The van der Waals surface area contributed by atoms with Crippen molar-refractivity contribution >= 4 is 0 Å². The van der Waals surface area contributed by atoms with Crippen LogP contribution in [0.3, 0.4) is 0 Å². The van der Waals surface area contributed by atoms with Gasteiger partial charge in [-0.15, -0.1) is 0 Å². The summed E-state index contributed by atoms with van der Waals surface area (Å²) >= 11 is 0. The fourth-order valence-electron chi connectivity index (χ4n) is 3.90. The second-order valence-electron chi connectivity index (χ2n) is 7.25. The molecule has 0 amide bonds. The van der Waals surface area contributed by atoms with Crippen LogP contribution in [0.2, 0.25) is 0 Å². The van der Waals surface area contributed by atoms with E-state index in [0.29, 0.717) is 23.8 Å². The Kier molecular flexibility index (Phi) is 5.67. The van der Waals surface area contributed by atoms with Gasteiger partial charge in [0.05, 0.1) is 19.9 Å². The number of hydrogen-bond acceptors (Lipinski definition) is 7. The summed E-state index contributed by atoms with van der Waals surface area (Å²) in [6.07, 6.45) is 5.11. The number of nitrogens with zero attached hydrogens (tertiary/aromatic N) is 5. The van der Waals surface area contributed by atoms with Gasteiger partial charge in [0, 0.05) is 29.9 Å². The molecule has 4 rings (SSSR count). The number of rotatable bonds is 7. The standard InChI is InChI=1S/C20H23F2N5O3/c1-26(14-5-4-6-15-13(14)10-23-27(15)2)11-18-24-19(25-30-18)12-7-8-16(29-20(21)22)17(9-12)28-3/h7-10,14,20H,4-6,11H2,1-3H3. The zero-order valence-corrected chi connectivity index (χ0v) is 17.0. The third-order valence-corrected chi connectivity index (χ3v) is 5.37. The van der Waals surface area contributed by atoms with E-state index in [1.165, 1.54) is 24.4 Å². The number of alkyl halides is 2. The number of benzene rings is 1. The van der Waals surface area contributed by atoms with Crippen molar-refractivity contribution < 1.29 is 22.8 Å². The van der Waals surface area contributed by atoms with Crippen LogP contribution in [0.25, 0.3) is 11.4 Å². The third-order valence-electron chi connectivity index (χ3n) is 5.37. The molecule has 0 fully saturated rings. The van der Waals surface area contributed by atoms with Crippen molar-refractivity contribution in [3.8, 4) is 22.9 Å². The SMILES string of the molecule is COc1cc(-c2noc(CN(C)C3CCCc4c3cnn4C)n2)ccc1OC(F)F. The van der Waals surface area contributed by atoms with Crippen molar-refractivity contribution in [2.75, 3.05) is 14.2 Å². The molecule has 1 aliphatic rings. The number of ether oxygens (including phenoxy) is 2. The topological polar surface area (TPSA) is 78.4 Å². The van der Waals surface area contributed by atoms with Crippen LogP contribution in [0.1, 0.15) is 36.0 Å². The van der Waals surface area contributed by atoms with Gasteiger partial charge in [-0.2, -0.15) is 18.9 Å². The molecule has 8 nitrogen and oxygen atoms in total. The summed E-state index contributed by atoms with van der Waals surface area (Å²) in [5, 5.41) is 8.42. The molecule has 1 unspecified atom stereocenters. The Bertz CT molecular complexity index is 1020. The van der Waals surface area contributed by atoms with Gasteiger partial charge in [-0.3, -0.25) is 9.58 Å². The molecule has 2 heterocycles. The van der Waals surface area contributed by atoms with Gasteiger partial charge in [0.1, 0.15) is 0 Å². The van der Waals surface area contributed by atoms with Crippen LogP contribution < -0.4 is 9.47 Å². The van der Waals surface area contributed by atoms with Crippen molar-refractivity contribution in [2.45, 2.75) is 38.5 Å². The molecule has 0 saturated heterocycles. The summed E-state index contributed by atoms with van der Waals surface area (Å²) in [6, 6.07) is 4.76. The molecule has 0 saturated carbocycles. The van der Waals surface area contributed by atoms with Gasteiger partial charge in [0.25, 0.3) is 0 Å². The predicted molar refractivity (Wildman–Crippen MR) is 103 cm³/mol. The molecule has 0 radical (unpaired) electrons. The Labute approximate surface area is 172 Å². The van der Waals surface area contributed by atoms with E-state index >= 15 is 0 Å². The second kappa shape index (κ2) is 8.39. The van der Waals surface area contributed by atoms with E-state index in [1.807, 2.05) is 25.0 Å². The lowest BCUT2D eigenvalue weighted by molar-refractivity contribution is -0.0512. The molecule has 30 heavy (non-hydrogen) atoms. The van der Waals surface area contributed by atoms with Crippen molar-refractivity contribution in [3.63, 3.8) is 0 Å². The first kappa shape index (κ1) is 20.3. The summed E-state index contributed by atoms with van der Waals surface area (Å²) < 4.78 is 42.0. The summed E-state index contributed by atoms with van der Waals surface area (Å²) in [7, 11) is 5.37. The molecule has 0 bridgehead atoms. The lowest BCUT2D eigenvalue weighted by Gasteiger charge is -2.30. The fourth-order valence-corrected chi connectivity index (χ4v) is 3.90. The summed E-state index contributed by atoms with van der Waals surface area (Å²) in [4.78, 5) is 6.64. The van der Waals surface area contributed by atoms with Crippen LogP contribution >= 0.6 is 0 Å². The minimum Gasteiger partial charge on any atom is -0.493 e. The molecule has 1 atom stereocenters. The van der Waals surface area contributed by atoms with Crippen molar-refractivity contribution in [1.82, 2.24) is 24.8 Å². The maximum absolute atomic E-state index is 12.5. The van der Waals surface area contributed by atoms with Crippen LogP contribution in [-0.4, -0.2) is 45.6 Å². The molecule has 2 aromatic heterocycles. The van der Waals surface area contributed by atoms with Crippen molar-refractivity contribution in [2.24, 2.45) is 7.05 Å². The van der Waals surface area contributed by atoms with E-state index in [-0.39, 0.29) is 17.5 Å². The maximum atomic E-state index is 12.5. The first-order valence-corrected chi connectivity index (χ1v) is 9.63. The van der Waals surface area contributed by atoms with E-state index in [0.717, 1.165) is 19.3 Å². The lowest BCUT2D eigenvalue weighted by atomic mass is 9.92. The molecule has 3 aromatic rings. The highest BCUT2D eigenvalue weighted by Crippen LogP contribution is 2.35. The number of halogens is 2. The van der Waals surface area contributed by atoms with E-state index in [4.69, 9.17) is 9.26 Å². The zero-order valence-electron chi connectivity index (χ0n) is 17.0. The Balaban J connectivity index is 1.50. The predicted octanol–water partition coefficient (Wildman–Crippen LogP) is 3.59. The van der Waals surface area contributed by atoms with Gasteiger partial charge in [0.2, 0.25) is 11.7 Å². The lowest BCUT2D eigenvalue weighted by Crippen LogP contribution is -2.27. The first-order chi connectivity index (χ1) is 14.5. The average molecular weight is 419 g/mol. The quantitative estimate of drug-likeness (QED) is 0.579. The third kappa shape index (κ3) is 4.00. The number of methoxy groups -OCH3 is 1. The highest BCUT2D eigenvalue weighted by Gasteiger charge is 2.27. The highest BCUT2D eigenvalue weighted by molar-refractivity contribution is 5.60. The Morgan fingerprint density at radius 2 is 2.17 bits per heavy atom. The molecule has 1 aromatic carbocycles. The number of aryl methyl sites for hydroxylation is 1. The number of hydrogen-bond donors (Lipinski definition) is 0. The van der Waals surface area contributed by atoms with Gasteiger partial charge >= 0.3 is 6.61 Å². The van der Waals surface area contributed by atoms with E-state index < -0.39 is 6.61 Å². The van der Waals surface area contributed by atoms with Crippen molar-refractivity contribution in [1.29, 1.82) is 0 Å². The van der Waals surface area contributed by atoms with Crippen LogP contribution in [0, 0.1) is 0 Å². The van der Waals surface area contributed by atoms with Gasteiger partial charge in [-0.05, 0) is 44.5 Å². The smallest absolute Gasteiger partial charge is 0.387 e. The van der Waals surface area contributed by atoms with Gasteiger partial charge in [-0.25, -0.2) is 0 Å². The maximum Gasteiger partial charge on any atom is 0.387 e. The van der Waals surface area contributed by atoms with Gasteiger partial charge in [0.15, 0.2) is 11.5 Å². The summed E-state index contributed by atoms with van der Waals surface area (Å²) in [6.45, 7) is -2.45. The fraction of sp³-hybridized carbons (Fsp3) is 0.450. The normalized spacial score (nSPS) is 16.2. The van der Waals surface area contributed by atoms with Crippen molar-refractivity contribution in [3.05, 3.63) is 41.5 Å². The zero-order chi connectivity index (χ0) is 21.3. The highest BCUT2D eigenvalue weighted by atomic mass is 19.3. The summed E-state index contributed by atoms with van der Waals surface area (Å²) in [5.74, 6) is 0.938. The molecule has 0 aliphatic heterocycles. The Morgan fingerprint density at radius 3 is 2.93 bits per heavy atom. The van der Waals surface area contributed by atoms with E-state index in [2.05, 4.69) is 24.9 Å². The average Bonchev–Trinajstić information content (AvgIpc) is 3.35. The molecule has 0 spiro atoms. The van der Waals surface area contributed by atoms with Gasteiger partial charge < -0.3 is 14.0 Å². The van der Waals surface area contributed by atoms with E-state index in [9.17, 15) is 8.78 Å². The molecule has 1 aliphatic carbocycles. The largest absolute Gasteiger partial charge is 0.493 e. The first-order valence-electron chi connectivity index (χ1n) is 9.63. The van der Waals surface area contributed by atoms with Crippen LogP contribution in [-0.2, 0) is 20.0 Å². The Morgan fingerprint density at radius 1 is 1.33 bits per heavy atom. The number of fused-ring (bicyclic) bond motifs is 1. The van der Waals surface area contributed by atoms with E-state index in [1.54, 1.807) is 12.1 Å². The second-order valence-corrected chi connectivity index (χ2v) is 7.25. The molecule has 160 valence electrons. The van der Waals surface area contributed by atoms with Crippen LogP contribution in [0.15, 0.2) is 28.9 Å². The van der Waals surface area contributed by atoms with Crippen LogP contribution in [0.5, 0.6) is 11.5 Å². The number of aromatic nitrogens is 4.